The van der Waals surface area contributed by atoms with Gasteiger partial charge in [-0.25, -0.2) is 8.42 Å². The quantitative estimate of drug-likeness (QED) is 0.493. The number of rotatable bonds is 6. The first-order valence-corrected chi connectivity index (χ1v) is 10.9. The molecule has 1 aliphatic heterocycles. The predicted octanol–water partition coefficient (Wildman–Crippen LogP) is 4.26. The number of aryl methyl sites for hydroxylation is 2. The maximum Gasteiger partial charge on any atom is 0.341 e. The summed E-state index contributed by atoms with van der Waals surface area (Å²) in [5.41, 5.74) is 1.99. The van der Waals surface area contributed by atoms with E-state index in [4.69, 9.17) is 4.74 Å². The van der Waals surface area contributed by atoms with E-state index in [1.54, 1.807) is 4.90 Å². The minimum atomic E-state index is -4.91. The van der Waals surface area contributed by atoms with Gasteiger partial charge in [0.05, 0.1) is 9.82 Å². The molecule has 162 valence electrons. The van der Waals surface area contributed by atoms with Crippen LogP contribution < -0.4 is 9.64 Å². The first-order chi connectivity index (χ1) is 14.1. The number of hydrogen-bond acceptors (Lipinski definition) is 6. The lowest BCUT2D eigenvalue weighted by Crippen LogP contribution is -2.38. The number of sulfone groups is 1. The van der Waals surface area contributed by atoms with Crippen LogP contribution in [0, 0.1) is 24.0 Å². The molecule has 0 bridgehead atoms. The third kappa shape index (κ3) is 4.53. The molecule has 0 unspecified atom stereocenters. The van der Waals surface area contributed by atoms with Crippen LogP contribution in [0.15, 0.2) is 41.3 Å². The van der Waals surface area contributed by atoms with Gasteiger partial charge in [0.2, 0.25) is 9.84 Å². The van der Waals surface area contributed by atoms with Crippen molar-refractivity contribution in [2.45, 2.75) is 43.4 Å². The van der Waals surface area contributed by atoms with Gasteiger partial charge in [-0.2, -0.15) is 8.78 Å². The highest BCUT2D eigenvalue weighted by Crippen LogP contribution is 2.34. The van der Waals surface area contributed by atoms with Crippen molar-refractivity contribution in [3.63, 3.8) is 0 Å². The van der Waals surface area contributed by atoms with Gasteiger partial charge in [-0.15, -0.1) is 0 Å². The van der Waals surface area contributed by atoms with Crippen molar-refractivity contribution in [2.24, 2.45) is 0 Å². The Hall–Kier alpha value is -2.75. The molecule has 0 radical (unpaired) electrons. The zero-order valence-electron chi connectivity index (χ0n) is 16.5. The van der Waals surface area contributed by atoms with E-state index in [1.807, 2.05) is 32.0 Å². The molecule has 0 aromatic heterocycles. The number of alkyl halides is 2. The average Bonchev–Trinajstić information content (AvgIpc) is 2.70. The number of ether oxygens (including phenoxy) is 1. The number of halogens is 2. The van der Waals surface area contributed by atoms with Crippen LogP contribution in [0.4, 0.5) is 20.2 Å². The average molecular weight is 440 g/mol. The lowest BCUT2D eigenvalue weighted by Gasteiger charge is -2.33. The molecule has 0 saturated carbocycles. The summed E-state index contributed by atoms with van der Waals surface area (Å²) in [5.74, 6) is -2.87. The molecular weight excluding hydrogens is 418 g/mol. The summed E-state index contributed by atoms with van der Waals surface area (Å²) in [5, 5.41) is 11.5. The van der Waals surface area contributed by atoms with Crippen LogP contribution in [0.1, 0.15) is 24.0 Å². The first kappa shape index (κ1) is 21.9. The van der Waals surface area contributed by atoms with Crippen LogP contribution in [0.3, 0.4) is 0 Å². The number of hydrogen-bond donors (Lipinski definition) is 0. The fourth-order valence-electron chi connectivity index (χ4n) is 3.39. The Morgan fingerprint density at radius 3 is 2.33 bits per heavy atom. The van der Waals surface area contributed by atoms with E-state index < -0.39 is 31.1 Å². The predicted molar refractivity (Wildman–Crippen MR) is 108 cm³/mol. The lowest BCUT2D eigenvalue weighted by molar-refractivity contribution is -0.384. The minimum Gasteiger partial charge on any atom is -0.490 e. The maximum absolute atomic E-state index is 12.8. The molecule has 30 heavy (non-hydrogen) atoms. The van der Waals surface area contributed by atoms with E-state index in [-0.39, 0.29) is 11.8 Å². The Labute approximate surface area is 173 Å². The van der Waals surface area contributed by atoms with E-state index in [2.05, 4.69) is 0 Å². The summed E-state index contributed by atoms with van der Waals surface area (Å²) >= 11 is 0. The van der Waals surface area contributed by atoms with E-state index in [1.165, 1.54) is 11.6 Å². The van der Waals surface area contributed by atoms with Gasteiger partial charge in [0, 0.05) is 32.0 Å². The summed E-state index contributed by atoms with van der Waals surface area (Å²) in [6, 6.07) is 8.77. The maximum atomic E-state index is 12.8. The van der Waals surface area contributed by atoms with E-state index in [0.29, 0.717) is 32.0 Å². The summed E-state index contributed by atoms with van der Waals surface area (Å²) in [4.78, 5) is 11.7. The molecule has 2 aromatic carbocycles. The summed E-state index contributed by atoms with van der Waals surface area (Å²) in [7, 11) is -4.91. The number of piperidine rings is 1. The SMILES string of the molecule is Cc1ccc(OC2CCN(c3ccc(S(=O)(=O)C(F)F)cc3[N+](=O)[O-])CC2)cc1C. The number of nitrogens with zero attached hydrogens (tertiary/aromatic N) is 2. The van der Waals surface area contributed by atoms with Crippen molar-refractivity contribution in [2.75, 3.05) is 18.0 Å². The highest BCUT2D eigenvalue weighted by Gasteiger charge is 2.31. The molecule has 0 amide bonds. The minimum absolute atomic E-state index is 0.0547. The normalized spacial score (nSPS) is 15.4. The van der Waals surface area contributed by atoms with Gasteiger partial charge in [0.1, 0.15) is 17.5 Å². The zero-order valence-corrected chi connectivity index (χ0v) is 17.4. The second-order valence-corrected chi connectivity index (χ2v) is 9.18. The summed E-state index contributed by atoms with van der Waals surface area (Å²) < 4.78 is 54.9. The third-order valence-corrected chi connectivity index (χ3v) is 6.65. The van der Waals surface area contributed by atoms with Gasteiger partial charge in [0.25, 0.3) is 5.69 Å². The van der Waals surface area contributed by atoms with E-state index in [0.717, 1.165) is 17.4 Å². The molecule has 1 aliphatic rings. The second-order valence-electron chi connectivity index (χ2n) is 7.26. The fraction of sp³-hybridized carbons (Fsp3) is 0.400. The van der Waals surface area contributed by atoms with Crippen molar-refractivity contribution in [3.8, 4) is 5.75 Å². The molecule has 2 aromatic rings. The van der Waals surface area contributed by atoms with Gasteiger partial charge >= 0.3 is 5.76 Å². The number of anilines is 1. The highest BCUT2D eigenvalue weighted by atomic mass is 32.2. The molecule has 1 fully saturated rings. The molecule has 0 spiro atoms. The number of nitro groups is 1. The molecular formula is C20H22F2N2O5S. The monoisotopic (exact) mass is 440 g/mol. The molecule has 0 atom stereocenters. The molecule has 10 heteroatoms. The van der Waals surface area contributed by atoms with Crippen molar-refractivity contribution < 1.29 is 26.9 Å². The lowest BCUT2D eigenvalue weighted by atomic mass is 10.1. The molecule has 7 nitrogen and oxygen atoms in total. The number of benzene rings is 2. The molecule has 0 aliphatic carbocycles. The van der Waals surface area contributed by atoms with E-state index >= 15 is 0 Å². The Bertz CT molecular complexity index is 1050. The molecule has 1 heterocycles. The second kappa shape index (κ2) is 8.55. The van der Waals surface area contributed by atoms with Gasteiger partial charge in [0.15, 0.2) is 0 Å². The van der Waals surface area contributed by atoms with Crippen LogP contribution in [-0.2, 0) is 9.84 Å². The number of nitro benzene ring substituents is 1. The largest absolute Gasteiger partial charge is 0.490 e. The van der Waals surface area contributed by atoms with Crippen molar-refractivity contribution >= 4 is 21.2 Å². The van der Waals surface area contributed by atoms with Crippen LogP contribution in [0.5, 0.6) is 5.75 Å². The van der Waals surface area contributed by atoms with Crippen molar-refractivity contribution in [3.05, 3.63) is 57.6 Å². The first-order valence-electron chi connectivity index (χ1n) is 9.39. The summed E-state index contributed by atoms with van der Waals surface area (Å²) in [6.07, 6.45) is 1.17. The summed E-state index contributed by atoms with van der Waals surface area (Å²) in [6.45, 7) is 4.93. The Kier molecular flexibility index (Phi) is 6.25. The standard InChI is InChI=1S/C20H22F2N2O5S/c1-13-3-4-16(11-14(13)2)29-15-7-9-23(10-8-15)18-6-5-17(12-19(18)24(25)26)30(27,28)20(21)22/h3-6,11-12,15,20H,7-10H2,1-2H3. The smallest absolute Gasteiger partial charge is 0.341 e. The van der Waals surface area contributed by atoms with Gasteiger partial charge in [-0.1, -0.05) is 6.07 Å². The van der Waals surface area contributed by atoms with Crippen LogP contribution in [-0.4, -0.2) is 38.3 Å². The van der Waals surface area contributed by atoms with E-state index in [9.17, 15) is 27.3 Å². The molecule has 1 saturated heterocycles. The van der Waals surface area contributed by atoms with Crippen molar-refractivity contribution in [1.82, 2.24) is 0 Å². The Balaban J connectivity index is 1.74. The van der Waals surface area contributed by atoms with Crippen LogP contribution in [0.25, 0.3) is 0 Å². The van der Waals surface area contributed by atoms with Gasteiger partial charge < -0.3 is 9.64 Å². The van der Waals surface area contributed by atoms with Gasteiger partial charge in [-0.3, -0.25) is 10.1 Å². The Morgan fingerprint density at radius 1 is 1.10 bits per heavy atom. The van der Waals surface area contributed by atoms with Crippen LogP contribution in [0.2, 0.25) is 0 Å². The molecule has 0 N–H and O–H groups in total. The van der Waals surface area contributed by atoms with Crippen molar-refractivity contribution in [1.29, 1.82) is 0 Å². The van der Waals surface area contributed by atoms with Crippen LogP contribution >= 0.6 is 0 Å². The van der Waals surface area contributed by atoms with Gasteiger partial charge in [-0.05, 0) is 49.2 Å². The Morgan fingerprint density at radius 2 is 1.77 bits per heavy atom. The fourth-order valence-corrected chi connectivity index (χ4v) is 4.13. The third-order valence-electron chi connectivity index (χ3n) is 5.27. The topological polar surface area (TPSA) is 89.8 Å². The zero-order chi connectivity index (χ0) is 22.1. The molecule has 3 rings (SSSR count). The highest BCUT2D eigenvalue weighted by molar-refractivity contribution is 7.91.